The smallest absolute Gasteiger partial charge is 0.302 e. The number of aliphatic hydroxyl groups is 4. The van der Waals surface area contributed by atoms with Crippen LogP contribution in [0.25, 0.3) is 0 Å². The Bertz CT molecular complexity index is 2010. The SMILES string of the molecule is CC(=O)O[C@H]1C[C@@H](O)CC[C@]23C#C[C@H]4C[C@@H]5CC[C@H](NCCSSC[C@]6(CCCC7(CCCC7)C6)NC(N)=N[C@@H]2C=CC[C@@H]3O)[C@@]2(C5)C[C@@H](CCN2)Oc2cc(c(C(O)O)cc2O)C[C@H]14. The number of carbonyl (C=O) groups excluding carboxylic acids is 1. The van der Waals surface area contributed by atoms with Gasteiger partial charge < -0.3 is 56.7 Å². The van der Waals surface area contributed by atoms with Gasteiger partial charge in [0.05, 0.1) is 29.2 Å². The van der Waals surface area contributed by atoms with Crippen molar-refractivity contribution in [3.63, 3.8) is 0 Å². The molecule has 0 radical (unpaired) electrons. The molecule has 4 fully saturated rings. The van der Waals surface area contributed by atoms with Gasteiger partial charge in [0.15, 0.2) is 23.7 Å². The summed E-state index contributed by atoms with van der Waals surface area (Å²) in [5.41, 5.74) is 6.44. The van der Waals surface area contributed by atoms with Gasteiger partial charge in [-0.2, -0.15) is 0 Å². The second kappa shape index (κ2) is 19.7. The van der Waals surface area contributed by atoms with Crippen molar-refractivity contribution in [2.45, 2.75) is 183 Å². The van der Waals surface area contributed by atoms with Crippen LogP contribution >= 0.6 is 21.6 Å². The van der Waals surface area contributed by atoms with Gasteiger partial charge in [0.25, 0.3) is 0 Å². The van der Waals surface area contributed by atoms with Gasteiger partial charge in [0, 0.05) is 66.8 Å². The zero-order valence-electron chi connectivity index (χ0n) is 38.1. The number of ether oxygens (including phenoxy) is 2. The summed E-state index contributed by atoms with van der Waals surface area (Å²) in [5, 5.41) is 69.1. The number of piperidine rings is 1. The average molecular weight is 936 g/mol. The maximum absolute atomic E-state index is 13.0. The third kappa shape index (κ3) is 10.2. The molecule has 4 heterocycles. The van der Waals surface area contributed by atoms with Crippen LogP contribution in [-0.4, -0.2) is 110 Å². The molecule has 65 heavy (non-hydrogen) atoms. The minimum Gasteiger partial charge on any atom is -0.504 e. The Hall–Kier alpha value is -2.68. The van der Waals surface area contributed by atoms with Crippen molar-refractivity contribution in [3.8, 4) is 23.3 Å². The van der Waals surface area contributed by atoms with Crippen molar-refractivity contribution in [3.05, 3.63) is 35.4 Å². The lowest BCUT2D eigenvalue weighted by Gasteiger charge is -2.52. The maximum atomic E-state index is 13.0. The number of fused-ring (bicyclic) bond motifs is 10. The molecule has 10 N–H and O–H groups in total. The molecule has 8 bridgehead atoms. The normalized spacial score (nSPS) is 39.8. The second-order valence-corrected chi connectivity index (χ2v) is 23.9. The first-order chi connectivity index (χ1) is 31.3. The number of aromatic hydroxyl groups is 1. The highest BCUT2D eigenvalue weighted by atomic mass is 33.1. The average Bonchev–Trinajstić information content (AvgIpc) is 3.70. The van der Waals surface area contributed by atoms with E-state index in [2.05, 4.69) is 27.8 Å². The molecule has 4 spiro atoms. The molecule has 3 saturated carbocycles. The number of hydrogen-bond acceptors (Lipinski definition) is 15. The van der Waals surface area contributed by atoms with Crippen molar-refractivity contribution in [1.82, 2.24) is 16.0 Å². The molecule has 12 atom stereocenters. The van der Waals surface area contributed by atoms with Crippen LogP contribution in [0.2, 0.25) is 0 Å². The molecule has 13 nitrogen and oxygen atoms in total. The van der Waals surface area contributed by atoms with Crippen LogP contribution in [0.15, 0.2) is 29.3 Å². The van der Waals surface area contributed by atoms with E-state index in [0.717, 1.165) is 76.0 Å². The van der Waals surface area contributed by atoms with E-state index in [1.54, 1.807) is 6.07 Å². The number of hydrogen-bond donors (Lipinski definition) is 9. The molecule has 1 aromatic rings. The van der Waals surface area contributed by atoms with E-state index in [0.29, 0.717) is 36.2 Å². The number of phenols is 1. The number of phenolic OH excluding ortho intramolecular Hbond substituents is 1. The van der Waals surface area contributed by atoms with Gasteiger partial charge in [-0.25, -0.2) is 4.99 Å². The van der Waals surface area contributed by atoms with Gasteiger partial charge in [-0.05, 0) is 125 Å². The molecule has 5 aliphatic carbocycles. The highest BCUT2D eigenvalue weighted by molar-refractivity contribution is 8.76. The lowest BCUT2D eigenvalue weighted by Crippen LogP contribution is -2.66. The zero-order valence-corrected chi connectivity index (χ0v) is 39.8. The molecule has 0 amide bonds. The summed E-state index contributed by atoms with van der Waals surface area (Å²) in [5.74, 6) is 8.61. The van der Waals surface area contributed by atoms with Gasteiger partial charge in [0.1, 0.15) is 12.2 Å². The molecule has 1 saturated heterocycles. The van der Waals surface area contributed by atoms with Crippen molar-refractivity contribution in [2.75, 3.05) is 24.6 Å². The standard InChI is InChI=1S/C50H73N5O8S2/c1-31(56)62-40-25-35(57)11-18-49-17-10-33-22-32-8-9-43(50(27-32)28-36(12-19-53-50)63-41-24-34(23-37(33)40)38(45(60)61)26-39(41)58)52-20-21-64-65-30-48(16-5-15-47(29-48)13-2-3-14-47)55-46(51)54-42(49)6-4-7-44(49)59/h4,6,24,26,32-33,35-37,40,42-45,52-53,57-61H,2-3,5,7-9,11-16,18-23,25,27-30H2,1H3,(H3,51,54,55)/t32-,33-,35-,36+,37-,40-,42+,43-,44-,48+,49+,50+/m0/s1. The summed E-state index contributed by atoms with van der Waals surface area (Å²) in [6.07, 6.45) is 15.1. The Kier molecular flexibility index (Phi) is 14.4. The number of guanidine groups is 1. The third-order valence-corrected chi connectivity index (χ3v) is 19.5. The van der Waals surface area contributed by atoms with E-state index in [4.69, 9.17) is 20.2 Å². The van der Waals surface area contributed by atoms with Crippen molar-refractivity contribution in [1.29, 1.82) is 0 Å². The summed E-state index contributed by atoms with van der Waals surface area (Å²) in [6.45, 7) is 2.98. The van der Waals surface area contributed by atoms with E-state index in [-0.39, 0.29) is 65.5 Å². The fourth-order valence-corrected chi connectivity index (χ4v) is 16.4. The van der Waals surface area contributed by atoms with Crippen molar-refractivity contribution >= 4 is 33.5 Å². The number of rotatable bonds is 2. The lowest BCUT2D eigenvalue weighted by molar-refractivity contribution is -0.152. The molecular formula is C50H73N5O8S2. The Morgan fingerprint density at radius 3 is 2.66 bits per heavy atom. The first-order valence-electron chi connectivity index (χ1n) is 24.7. The van der Waals surface area contributed by atoms with Crippen LogP contribution in [-0.2, 0) is 16.0 Å². The van der Waals surface area contributed by atoms with E-state index >= 15 is 0 Å². The number of nitrogens with one attached hydrogen (secondary N) is 3. The van der Waals surface area contributed by atoms with Crippen molar-refractivity contribution in [2.24, 2.45) is 39.3 Å². The van der Waals surface area contributed by atoms with E-state index < -0.39 is 53.9 Å². The molecule has 0 aromatic heterocycles. The van der Waals surface area contributed by atoms with Crippen LogP contribution in [0.4, 0.5) is 0 Å². The molecule has 9 aliphatic rings. The molecule has 358 valence electrons. The first kappa shape index (κ1) is 47.4. The number of esters is 1. The van der Waals surface area contributed by atoms with Crippen LogP contribution in [0.3, 0.4) is 0 Å². The van der Waals surface area contributed by atoms with E-state index in [1.165, 1.54) is 45.1 Å². The summed E-state index contributed by atoms with van der Waals surface area (Å²) < 4.78 is 12.9. The summed E-state index contributed by atoms with van der Waals surface area (Å²) in [4.78, 5) is 18.3. The molecule has 10 rings (SSSR count). The highest BCUT2D eigenvalue weighted by Gasteiger charge is 2.51. The zero-order chi connectivity index (χ0) is 45.4. The van der Waals surface area contributed by atoms with Crippen molar-refractivity contribution < 1.29 is 39.8 Å². The number of aliphatic imine (C=N–C) groups is 1. The predicted octanol–water partition coefficient (Wildman–Crippen LogP) is 5.51. The Labute approximate surface area is 393 Å². The van der Waals surface area contributed by atoms with Gasteiger partial charge in [0.2, 0.25) is 0 Å². The minimum atomic E-state index is -1.90. The first-order valence-corrected chi connectivity index (χ1v) is 27.2. The number of aliphatic hydroxyl groups excluding tert-OH is 3. The Balaban J connectivity index is 1.20. The van der Waals surface area contributed by atoms with Crippen LogP contribution < -0.4 is 26.4 Å². The molecule has 15 heteroatoms. The minimum absolute atomic E-state index is 0.130. The van der Waals surface area contributed by atoms with Crippen LogP contribution in [0.5, 0.6) is 11.5 Å². The number of nitrogens with zero attached hydrogens (tertiary/aromatic N) is 1. The monoisotopic (exact) mass is 935 g/mol. The highest BCUT2D eigenvalue weighted by Crippen LogP contribution is 2.53. The number of carbonyl (C=O) groups is 1. The van der Waals surface area contributed by atoms with Gasteiger partial charge >= 0.3 is 5.97 Å². The van der Waals surface area contributed by atoms with Crippen LogP contribution in [0.1, 0.15) is 140 Å². The van der Waals surface area contributed by atoms with Gasteiger partial charge in [-0.3, -0.25) is 4.79 Å². The summed E-state index contributed by atoms with van der Waals surface area (Å²) in [7, 11) is 3.85. The maximum Gasteiger partial charge on any atom is 0.302 e. The summed E-state index contributed by atoms with van der Waals surface area (Å²) >= 11 is 0. The van der Waals surface area contributed by atoms with E-state index in [1.807, 2.05) is 33.7 Å². The number of benzene rings is 1. The lowest BCUT2D eigenvalue weighted by atomic mass is 9.64. The second-order valence-electron chi connectivity index (χ2n) is 21.3. The molecule has 0 unspecified atom stereocenters. The Morgan fingerprint density at radius 2 is 1.85 bits per heavy atom. The summed E-state index contributed by atoms with van der Waals surface area (Å²) in [6, 6.07) is 2.67. The third-order valence-electron chi connectivity index (χ3n) is 17.0. The van der Waals surface area contributed by atoms with Gasteiger partial charge in [-0.15, -0.1) is 0 Å². The fourth-order valence-electron chi connectivity index (χ4n) is 13.9. The molecule has 4 aliphatic heterocycles. The molecular weight excluding hydrogens is 863 g/mol. The predicted molar refractivity (Wildman–Crippen MR) is 255 cm³/mol. The largest absolute Gasteiger partial charge is 0.504 e. The van der Waals surface area contributed by atoms with E-state index in [9.17, 15) is 30.3 Å². The fraction of sp³-hybridized carbons (Fsp3) is 0.760. The number of nitrogens with two attached hydrogens (primary N) is 1. The quantitative estimate of drug-likeness (QED) is 0.0589. The van der Waals surface area contributed by atoms with Gasteiger partial charge in [-0.1, -0.05) is 64.8 Å². The Morgan fingerprint density at radius 1 is 1.02 bits per heavy atom. The van der Waals surface area contributed by atoms with Crippen LogP contribution in [0, 0.1) is 40.4 Å². The topological polar surface area (TPSA) is 211 Å². The molecule has 1 aromatic carbocycles.